The molecule has 0 atom stereocenters. The standard InChI is InChI=1S/C22H25F2N5O3/c1-14(2)16-5-7-17(8-6-16)21-26-28-29(27-21)13-20(30)25-11-10-15-4-9-18(32-22(23)24)19(12-15)31-3/h4-9,12,14,22H,10-11,13H2,1-3H3,(H,25,30). The fourth-order valence-electron chi connectivity index (χ4n) is 3.03. The van der Waals surface area contributed by atoms with Crippen LogP contribution in [0.2, 0.25) is 0 Å². The zero-order valence-electron chi connectivity index (χ0n) is 18.1. The van der Waals surface area contributed by atoms with Gasteiger partial charge in [-0.05, 0) is 40.8 Å². The summed E-state index contributed by atoms with van der Waals surface area (Å²) in [5.74, 6) is 0.776. The van der Waals surface area contributed by atoms with Crippen LogP contribution in [0, 0.1) is 0 Å². The van der Waals surface area contributed by atoms with Crippen molar-refractivity contribution in [2.24, 2.45) is 0 Å². The van der Waals surface area contributed by atoms with E-state index >= 15 is 0 Å². The zero-order valence-corrected chi connectivity index (χ0v) is 18.1. The molecule has 2 aromatic carbocycles. The van der Waals surface area contributed by atoms with Gasteiger partial charge in [0, 0.05) is 12.1 Å². The third-order valence-corrected chi connectivity index (χ3v) is 4.75. The Morgan fingerprint density at radius 2 is 1.88 bits per heavy atom. The van der Waals surface area contributed by atoms with Crippen molar-refractivity contribution in [3.8, 4) is 22.9 Å². The first-order chi connectivity index (χ1) is 15.4. The Bertz CT molecular complexity index is 1040. The van der Waals surface area contributed by atoms with Crippen LogP contribution in [0.4, 0.5) is 8.78 Å². The molecule has 170 valence electrons. The van der Waals surface area contributed by atoms with E-state index in [1.165, 1.54) is 23.5 Å². The van der Waals surface area contributed by atoms with E-state index in [4.69, 9.17) is 4.74 Å². The predicted octanol–water partition coefficient (Wildman–Crippen LogP) is 3.43. The highest BCUT2D eigenvalue weighted by atomic mass is 19.3. The number of hydrogen-bond donors (Lipinski definition) is 1. The molecule has 3 aromatic rings. The van der Waals surface area contributed by atoms with Gasteiger partial charge in [0.2, 0.25) is 11.7 Å². The summed E-state index contributed by atoms with van der Waals surface area (Å²) in [6, 6.07) is 12.6. The normalized spacial score (nSPS) is 11.1. The summed E-state index contributed by atoms with van der Waals surface area (Å²) in [6.45, 7) is 1.58. The number of rotatable bonds is 10. The average molecular weight is 445 g/mol. The Labute approximate surface area is 184 Å². The lowest BCUT2D eigenvalue weighted by molar-refractivity contribution is -0.122. The van der Waals surface area contributed by atoms with Crippen LogP contribution < -0.4 is 14.8 Å². The van der Waals surface area contributed by atoms with Gasteiger partial charge in [-0.25, -0.2) is 0 Å². The molecule has 32 heavy (non-hydrogen) atoms. The molecular weight excluding hydrogens is 420 g/mol. The Balaban J connectivity index is 1.50. The van der Waals surface area contributed by atoms with E-state index in [0.717, 1.165) is 11.1 Å². The number of alkyl halides is 2. The van der Waals surface area contributed by atoms with Crippen LogP contribution in [0.15, 0.2) is 42.5 Å². The van der Waals surface area contributed by atoms with Gasteiger partial charge in [0.25, 0.3) is 0 Å². The predicted molar refractivity (Wildman–Crippen MR) is 114 cm³/mol. The molecule has 10 heteroatoms. The summed E-state index contributed by atoms with van der Waals surface area (Å²) in [5, 5.41) is 15.0. The van der Waals surface area contributed by atoms with Crippen LogP contribution in [-0.2, 0) is 17.8 Å². The van der Waals surface area contributed by atoms with Gasteiger partial charge in [-0.2, -0.15) is 13.6 Å². The van der Waals surface area contributed by atoms with Crippen LogP contribution in [0.5, 0.6) is 11.5 Å². The van der Waals surface area contributed by atoms with E-state index < -0.39 is 6.61 Å². The summed E-state index contributed by atoms with van der Waals surface area (Å²) < 4.78 is 34.3. The van der Waals surface area contributed by atoms with Gasteiger partial charge >= 0.3 is 6.61 Å². The second kappa shape index (κ2) is 10.7. The molecule has 0 fully saturated rings. The maximum atomic E-state index is 12.4. The van der Waals surface area contributed by atoms with Crippen LogP contribution in [0.1, 0.15) is 30.9 Å². The molecule has 0 bridgehead atoms. The third-order valence-electron chi connectivity index (χ3n) is 4.75. The Kier molecular flexibility index (Phi) is 7.69. The van der Waals surface area contributed by atoms with Crippen molar-refractivity contribution in [1.29, 1.82) is 0 Å². The number of nitrogens with zero attached hydrogens (tertiary/aromatic N) is 4. The smallest absolute Gasteiger partial charge is 0.387 e. The number of hydrogen-bond acceptors (Lipinski definition) is 6. The van der Waals surface area contributed by atoms with Crippen molar-refractivity contribution < 1.29 is 23.0 Å². The quantitative estimate of drug-likeness (QED) is 0.514. The number of carbonyl (C=O) groups is 1. The molecule has 8 nitrogen and oxygen atoms in total. The number of tetrazole rings is 1. The summed E-state index contributed by atoms with van der Waals surface area (Å²) >= 11 is 0. The molecule has 0 saturated carbocycles. The van der Waals surface area contributed by atoms with Crippen molar-refractivity contribution in [2.75, 3.05) is 13.7 Å². The van der Waals surface area contributed by atoms with Crippen LogP contribution in [0.25, 0.3) is 11.4 Å². The molecule has 1 N–H and O–H groups in total. The second-order valence-corrected chi connectivity index (χ2v) is 7.38. The van der Waals surface area contributed by atoms with Gasteiger partial charge < -0.3 is 14.8 Å². The molecule has 0 aliphatic heterocycles. The van der Waals surface area contributed by atoms with Crippen molar-refractivity contribution in [3.63, 3.8) is 0 Å². The lowest BCUT2D eigenvalue weighted by Crippen LogP contribution is -2.30. The van der Waals surface area contributed by atoms with Crippen molar-refractivity contribution in [3.05, 3.63) is 53.6 Å². The first-order valence-electron chi connectivity index (χ1n) is 10.1. The lowest BCUT2D eigenvalue weighted by atomic mass is 10.0. The number of aromatic nitrogens is 4. The number of methoxy groups -OCH3 is 1. The highest BCUT2D eigenvalue weighted by Gasteiger charge is 2.12. The summed E-state index contributed by atoms with van der Waals surface area (Å²) in [6.07, 6.45) is 0.481. The van der Waals surface area contributed by atoms with E-state index in [2.05, 4.69) is 39.3 Å². The second-order valence-electron chi connectivity index (χ2n) is 7.38. The van der Waals surface area contributed by atoms with Crippen molar-refractivity contribution >= 4 is 5.91 Å². The van der Waals surface area contributed by atoms with Crippen LogP contribution >= 0.6 is 0 Å². The number of halogens is 2. The first-order valence-corrected chi connectivity index (χ1v) is 10.1. The SMILES string of the molecule is COc1cc(CCNC(=O)Cn2nnc(-c3ccc(C(C)C)cc3)n2)ccc1OC(F)F. The molecule has 1 heterocycles. The Morgan fingerprint density at radius 1 is 1.12 bits per heavy atom. The van der Waals surface area contributed by atoms with Crippen LogP contribution in [-0.4, -0.2) is 46.4 Å². The minimum Gasteiger partial charge on any atom is -0.493 e. The van der Waals surface area contributed by atoms with Gasteiger partial charge in [-0.1, -0.05) is 44.2 Å². The number of benzene rings is 2. The molecule has 3 rings (SSSR count). The molecule has 0 aliphatic rings. The number of amides is 1. The highest BCUT2D eigenvalue weighted by molar-refractivity contribution is 5.75. The highest BCUT2D eigenvalue weighted by Crippen LogP contribution is 2.29. The molecule has 0 unspecified atom stereocenters. The van der Waals surface area contributed by atoms with Crippen molar-refractivity contribution in [1.82, 2.24) is 25.5 Å². The fourth-order valence-corrected chi connectivity index (χ4v) is 3.03. The van der Waals surface area contributed by atoms with E-state index in [0.29, 0.717) is 24.7 Å². The summed E-state index contributed by atoms with van der Waals surface area (Å²) in [7, 11) is 1.37. The van der Waals surface area contributed by atoms with Crippen molar-refractivity contribution in [2.45, 2.75) is 39.3 Å². The van der Waals surface area contributed by atoms with E-state index in [1.807, 2.05) is 24.3 Å². The minimum atomic E-state index is -2.93. The third kappa shape index (κ3) is 6.22. The molecule has 1 amide bonds. The van der Waals surface area contributed by atoms with E-state index in [-0.39, 0.29) is 24.0 Å². The molecule has 1 aromatic heterocycles. The fraction of sp³-hybridized carbons (Fsp3) is 0.364. The largest absolute Gasteiger partial charge is 0.493 e. The molecule has 0 aliphatic carbocycles. The lowest BCUT2D eigenvalue weighted by Gasteiger charge is -2.11. The Hall–Kier alpha value is -3.56. The van der Waals surface area contributed by atoms with Gasteiger partial charge in [0.05, 0.1) is 7.11 Å². The number of ether oxygens (including phenoxy) is 2. The van der Waals surface area contributed by atoms with E-state index in [1.54, 1.807) is 12.1 Å². The summed E-state index contributed by atoms with van der Waals surface area (Å²) in [4.78, 5) is 13.4. The monoisotopic (exact) mass is 445 g/mol. The average Bonchev–Trinajstić information content (AvgIpc) is 3.22. The minimum absolute atomic E-state index is 0.0396. The maximum Gasteiger partial charge on any atom is 0.387 e. The molecule has 0 spiro atoms. The van der Waals surface area contributed by atoms with Gasteiger partial charge in [-0.15, -0.1) is 10.2 Å². The summed E-state index contributed by atoms with van der Waals surface area (Å²) in [5.41, 5.74) is 2.85. The number of carbonyl (C=O) groups excluding carboxylic acids is 1. The maximum absolute atomic E-state index is 12.4. The van der Waals surface area contributed by atoms with Gasteiger partial charge in [-0.3, -0.25) is 4.79 Å². The van der Waals surface area contributed by atoms with E-state index in [9.17, 15) is 13.6 Å². The Morgan fingerprint density at radius 3 is 2.53 bits per heavy atom. The molecular formula is C22H25F2N5O3. The first kappa shape index (κ1) is 23.1. The van der Waals surface area contributed by atoms with Crippen LogP contribution in [0.3, 0.4) is 0 Å². The molecule has 0 saturated heterocycles. The number of nitrogens with one attached hydrogen (secondary N) is 1. The van der Waals surface area contributed by atoms with Gasteiger partial charge in [0.1, 0.15) is 6.54 Å². The molecule has 0 radical (unpaired) electrons. The van der Waals surface area contributed by atoms with Gasteiger partial charge in [0.15, 0.2) is 11.5 Å². The topological polar surface area (TPSA) is 91.2 Å². The zero-order chi connectivity index (χ0) is 23.1.